The molecule has 1 saturated carbocycles. The highest BCUT2D eigenvalue weighted by Crippen LogP contribution is 2.41. The van der Waals surface area contributed by atoms with Crippen LogP contribution in [0.5, 0.6) is 0 Å². The molecule has 0 spiro atoms. The number of nitrogens with one attached hydrogen (secondary N) is 1. The molecule has 3 aromatic rings. The van der Waals surface area contributed by atoms with Crippen LogP contribution in [0.3, 0.4) is 0 Å². The molecule has 0 saturated heterocycles. The number of aryl methyl sites for hydroxylation is 1. The van der Waals surface area contributed by atoms with Crippen LogP contribution in [-0.2, 0) is 4.79 Å². The van der Waals surface area contributed by atoms with Crippen molar-refractivity contribution in [3.63, 3.8) is 0 Å². The van der Waals surface area contributed by atoms with E-state index in [4.69, 9.17) is 0 Å². The molecule has 7 heteroatoms. The molecule has 2 heterocycles. The molecule has 5 nitrogen and oxygen atoms in total. The molecular weight excluding hydrogens is 352 g/mol. The van der Waals surface area contributed by atoms with Gasteiger partial charge in [-0.05, 0) is 43.3 Å². The molecule has 0 radical (unpaired) electrons. The van der Waals surface area contributed by atoms with Crippen LogP contribution in [0.25, 0.3) is 10.7 Å². The van der Waals surface area contributed by atoms with Crippen molar-refractivity contribution in [2.45, 2.75) is 31.0 Å². The average Bonchev–Trinajstić information content (AvgIpc) is 3.13. The Morgan fingerprint density at radius 3 is 2.76 bits per heavy atom. The van der Waals surface area contributed by atoms with Gasteiger partial charge in [-0.3, -0.25) is 9.36 Å². The molecule has 0 unspecified atom stereocenters. The van der Waals surface area contributed by atoms with Crippen molar-refractivity contribution < 1.29 is 4.79 Å². The Bertz CT molecular complexity index is 867. The lowest BCUT2D eigenvalue weighted by Crippen LogP contribution is -2.14. The fourth-order valence-corrected chi connectivity index (χ4v) is 4.09. The topological polar surface area (TPSA) is 59.8 Å². The third kappa shape index (κ3) is 3.77. The van der Waals surface area contributed by atoms with Crippen LogP contribution < -0.4 is 5.32 Å². The van der Waals surface area contributed by atoms with E-state index in [0.29, 0.717) is 11.8 Å². The molecule has 1 fully saturated rings. The largest absolute Gasteiger partial charge is 0.325 e. The minimum Gasteiger partial charge on any atom is -0.325 e. The monoisotopic (exact) mass is 370 g/mol. The SMILES string of the molecule is Cc1ccc(NC(=O)CSc2nnc(-c3cccs3)n2C2CC2)cc1. The van der Waals surface area contributed by atoms with Gasteiger partial charge in [0.1, 0.15) is 0 Å². The third-order valence-electron chi connectivity index (χ3n) is 3.99. The number of benzene rings is 1. The van der Waals surface area contributed by atoms with E-state index >= 15 is 0 Å². The lowest BCUT2D eigenvalue weighted by atomic mass is 10.2. The second-order valence-corrected chi connectivity index (χ2v) is 7.98. The molecule has 1 amide bonds. The van der Waals surface area contributed by atoms with E-state index in [1.54, 1.807) is 11.3 Å². The number of hydrogen-bond acceptors (Lipinski definition) is 5. The van der Waals surface area contributed by atoms with Crippen LogP contribution >= 0.6 is 23.1 Å². The second-order valence-electron chi connectivity index (χ2n) is 6.09. The zero-order valence-corrected chi connectivity index (χ0v) is 15.4. The highest BCUT2D eigenvalue weighted by molar-refractivity contribution is 7.99. The van der Waals surface area contributed by atoms with Crippen molar-refractivity contribution in [1.82, 2.24) is 14.8 Å². The third-order valence-corrected chi connectivity index (χ3v) is 5.79. The molecule has 0 atom stereocenters. The van der Waals surface area contributed by atoms with Gasteiger partial charge in [-0.1, -0.05) is 35.5 Å². The first-order valence-corrected chi connectivity index (χ1v) is 10.1. The van der Waals surface area contributed by atoms with Crippen molar-refractivity contribution >= 4 is 34.7 Å². The summed E-state index contributed by atoms with van der Waals surface area (Å²) in [5, 5.41) is 14.5. The van der Waals surface area contributed by atoms with E-state index in [1.165, 1.54) is 17.3 Å². The predicted molar refractivity (Wildman–Crippen MR) is 102 cm³/mol. The number of amides is 1. The number of rotatable bonds is 6. The molecule has 1 aliphatic carbocycles. The van der Waals surface area contributed by atoms with E-state index in [0.717, 1.165) is 34.4 Å². The zero-order chi connectivity index (χ0) is 17.2. The normalized spacial score (nSPS) is 13.8. The number of thiophene rings is 1. The summed E-state index contributed by atoms with van der Waals surface area (Å²) in [6.45, 7) is 2.03. The Labute approximate surface area is 154 Å². The van der Waals surface area contributed by atoms with Crippen molar-refractivity contribution in [3.8, 4) is 10.7 Å². The lowest BCUT2D eigenvalue weighted by Gasteiger charge is -2.08. The Kier molecular flexibility index (Phi) is 4.59. The first-order chi connectivity index (χ1) is 12.2. The van der Waals surface area contributed by atoms with Crippen molar-refractivity contribution in [3.05, 3.63) is 47.3 Å². The maximum atomic E-state index is 12.2. The van der Waals surface area contributed by atoms with Crippen LogP contribution in [0.2, 0.25) is 0 Å². The van der Waals surface area contributed by atoms with Gasteiger partial charge in [0.2, 0.25) is 5.91 Å². The van der Waals surface area contributed by atoms with Gasteiger partial charge in [-0.2, -0.15) is 0 Å². The Hall–Kier alpha value is -2.12. The highest BCUT2D eigenvalue weighted by atomic mass is 32.2. The number of aromatic nitrogens is 3. The smallest absolute Gasteiger partial charge is 0.234 e. The molecule has 128 valence electrons. The van der Waals surface area contributed by atoms with Gasteiger partial charge in [-0.15, -0.1) is 21.5 Å². The summed E-state index contributed by atoms with van der Waals surface area (Å²) < 4.78 is 2.19. The minimum atomic E-state index is -0.0307. The highest BCUT2D eigenvalue weighted by Gasteiger charge is 2.30. The molecule has 25 heavy (non-hydrogen) atoms. The standard InChI is InChI=1S/C18H18N4OS2/c1-12-4-6-13(7-5-12)19-16(23)11-25-18-21-20-17(15-3-2-10-24-15)22(18)14-8-9-14/h2-7,10,14H,8-9,11H2,1H3,(H,19,23). The maximum absolute atomic E-state index is 12.2. The molecule has 1 aromatic carbocycles. The van der Waals surface area contributed by atoms with Crippen LogP contribution in [0.4, 0.5) is 5.69 Å². The van der Waals surface area contributed by atoms with Crippen molar-refractivity contribution in [1.29, 1.82) is 0 Å². The van der Waals surface area contributed by atoms with E-state index < -0.39 is 0 Å². The number of carbonyl (C=O) groups excluding carboxylic acids is 1. The van der Waals surface area contributed by atoms with Gasteiger partial charge in [-0.25, -0.2) is 0 Å². The van der Waals surface area contributed by atoms with Gasteiger partial charge < -0.3 is 5.32 Å². The fraction of sp³-hybridized carbons (Fsp3) is 0.278. The van der Waals surface area contributed by atoms with Crippen molar-refractivity contribution in [2.24, 2.45) is 0 Å². The van der Waals surface area contributed by atoms with E-state index in [1.807, 2.05) is 42.6 Å². The quantitative estimate of drug-likeness (QED) is 0.654. The first-order valence-electron chi connectivity index (χ1n) is 8.19. The van der Waals surface area contributed by atoms with E-state index in [2.05, 4.69) is 26.1 Å². The molecule has 1 aliphatic rings. The van der Waals surface area contributed by atoms with Gasteiger partial charge in [0.25, 0.3) is 0 Å². The van der Waals surface area contributed by atoms with Crippen molar-refractivity contribution in [2.75, 3.05) is 11.1 Å². The molecule has 1 N–H and O–H groups in total. The molecule has 0 aliphatic heterocycles. The number of hydrogen-bond donors (Lipinski definition) is 1. The van der Waals surface area contributed by atoms with Crippen LogP contribution in [-0.4, -0.2) is 26.4 Å². The summed E-state index contributed by atoms with van der Waals surface area (Å²) in [6.07, 6.45) is 2.30. The first kappa shape index (κ1) is 16.4. The fourth-order valence-electron chi connectivity index (χ4n) is 2.58. The second kappa shape index (κ2) is 7.01. The van der Waals surface area contributed by atoms with E-state index in [9.17, 15) is 4.79 Å². The number of anilines is 1. The summed E-state index contributed by atoms with van der Waals surface area (Å²) in [5.41, 5.74) is 1.99. The average molecular weight is 371 g/mol. The summed E-state index contributed by atoms with van der Waals surface area (Å²) in [4.78, 5) is 13.3. The summed E-state index contributed by atoms with van der Waals surface area (Å²) in [7, 11) is 0. The van der Waals surface area contributed by atoms with Crippen LogP contribution in [0.15, 0.2) is 46.9 Å². The Morgan fingerprint density at radius 1 is 1.28 bits per heavy atom. The lowest BCUT2D eigenvalue weighted by molar-refractivity contribution is -0.113. The maximum Gasteiger partial charge on any atom is 0.234 e. The number of thioether (sulfide) groups is 1. The Morgan fingerprint density at radius 2 is 2.08 bits per heavy atom. The molecule has 4 rings (SSSR count). The number of carbonyl (C=O) groups is 1. The van der Waals surface area contributed by atoms with Gasteiger partial charge in [0, 0.05) is 11.7 Å². The van der Waals surface area contributed by atoms with Gasteiger partial charge in [0.05, 0.1) is 10.6 Å². The summed E-state index contributed by atoms with van der Waals surface area (Å²) in [6, 6.07) is 12.4. The van der Waals surface area contributed by atoms with Crippen LogP contribution in [0, 0.1) is 6.92 Å². The molecule has 0 bridgehead atoms. The molecular formula is C18H18N4OS2. The van der Waals surface area contributed by atoms with Gasteiger partial charge >= 0.3 is 0 Å². The number of nitrogens with zero attached hydrogens (tertiary/aromatic N) is 3. The summed E-state index contributed by atoms with van der Waals surface area (Å²) in [5.74, 6) is 1.21. The summed E-state index contributed by atoms with van der Waals surface area (Å²) >= 11 is 3.11. The zero-order valence-electron chi connectivity index (χ0n) is 13.8. The minimum absolute atomic E-state index is 0.0307. The van der Waals surface area contributed by atoms with Gasteiger partial charge in [0.15, 0.2) is 11.0 Å². The predicted octanol–water partition coefficient (Wildman–Crippen LogP) is 4.38. The van der Waals surface area contributed by atoms with Crippen LogP contribution in [0.1, 0.15) is 24.4 Å². The Balaban J connectivity index is 1.44. The molecule has 2 aromatic heterocycles. The van der Waals surface area contributed by atoms with E-state index in [-0.39, 0.29) is 5.91 Å².